The number of carbonyl (C=O) groups is 2. The molecule has 0 spiro atoms. The van der Waals surface area contributed by atoms with Crippen molar-refractivity contribution in [1.29, 1.82) is 0 Å². The maximum Gasteiger partial charge on any atom is 0.255 e. The number of likely N-dealkylation sites (tertiary alicyclic amines) is 2. The van der Waals surface area contributed by atoms with Gasteiger partial charge in [-0.15, -0.1) is 11.3 Å². The lowest BCUT2D eigenvalue weighted by atomic mass is 9.94. The van der Waals surface area contributed by atoms with Crippen LogP contribution in [0.3, 0.4) is 0 Å². The van der Waals surface area contributed by atoms with Gasteiger partial charge in [0.15, 0.2) is 0 Å². The van der Waals surface area contributed by atoms with E-state index in [4.69, 9.17) is 9.47 Å². The van der Waals surface area contributed by atoms with Gasteiger partial charge in [0, 0.05) is 53.5 Å². The smallest absolute Gasteiger partial charge is 0.255 e. The minimum atomic E-state index is 0.0434. The van der Waals surface area contributed by atoms with Crippen molar-refractivity contribution in [3.8, 4) is 11.3 Å². The summed E-state index contributed by atoms with van der Waals surface area (Å²) in [5.74, 6) is 0.469. The van der Waals surface area contributed by atoms with Gasteiger partial charge in [-0.3, -0.25) is 9.59 Å². The molecule has 2 amide bonds. The molecule has 0 saturated carbocycles. The Bertz CT molecular complexity index is 1600. The number of rotatable bonds is 7. The summed E-state index contributed by atoms with van der Waals surface area (Å²) in [4.78, 5) is 39.3. The molecule has 8 nitrogen and oxygen atoms in total. The average molecular weight is 629 g/mol. The quantitative estimate of drug-likeness (QED) is 0.349. The Hall–Kier alpha value is -2.98. The summed E-state index contributed by atoms with van der Waals surface area (Å²) in [6.07, 6.45) is 7.30. The Balaban J connectivity index is 0.989. The van der Waals surface area contributed by atoms with E-state index in [1.54, 1.807) is 11.3 Å². The fourth-order valence-corrected chi connectivity index (χ4v) is 9.75. The van der Waals surface area contributed by atoms with Crippen LogP contribution in [-0.4, -0.2) is 95.3 Å². The fraction of sp³-hybridized carbons (Fsp3) is 0.556. The van der Waals surface area contributed by atoms with Gasteiger partial charge >= 0.3 is 0 Å². The van der Waals surface area contributed by atoms with Crippen molar-refractivity contribution in [1.82, 2.24) is 19.7 Å². The summed E-state index contributed by atoms with van der Waals surface area (Å²) < 4.78 is 11.2. The van der Waals surface area contributed by atoms with Gasteiger partial charge in [0.1, 0.15) is 23.8 Å². The van der Waals surface area contributed by atoms with E-state index >= 15 is 0 Å². The van der Waals surface area contributed by atoms with Crippen molar-refractivity contribution in [3.05, 3.63) is 52.4 Å². The van der Waals surface area contributed by atoms with Crippen LogP contribution < -0.4 is 0 Å². The van der Waals surface area contributed by atoms with Crippen molar-refractivity contribution < 1.29 is 19.1 Å². The Morgan fingerprint density at radius 1 is 0.933 bits per heavy atom. The molecule has 45 heavy (non-hydrogen) atoms. The second kappa shape index (κ2) is 11.7. The standard InChI is InChI=1S/C36H44N4O4S/c1-21-14-22(2)16-25(15-21)33-28(10-13-38-11-8-24(9-12-38)36(42)39-18-30-31(19-39)44-20-43-30)29-17-32(45-34(29)37-33)23(3)35(41)40-26-4-5-27(40)7-6-26/h14-17,24,26-27,30-31,37H,3-13,18-20H2,1-2H3/t26?,27?,30-,31+. The third-order valence-electron chi connectivity index (χ3n) is 11.1. The summed E-state index contributed by atoms with van der Waals surface area (Å²) >= 11 is 1.66. The molecule has 8 rings (SSSR count). The minimum absolute atomic E-state index is 0.0434. The van der Waals surface area contributed by atoms with Gasteiger partial charge in [-0.25, -0.2) is 0 Å². The normalized spacial score (nSPS) is 26.8. The second-order valence-corrected chi connectivity index (χ2v) is 15.1. The van der Waals surface area contributed by atoms with E-state index in [1.807, 2.05) is 4.90 Å². The number of nitrogens with zero attached hydrogens (tertiary/aromatic N) is 3. The number of H-pyrrole nitrogens is 1. The van der Waals surface area contributed by atoms with Crippen molar-refractivity contribution >= 4 is 38.9 Å². The van der Waals surface area contributed by atoms with Crippen molar-refractivity contribution in [3.63, 3.8) is 0 Å². The van der Waals surface area contributed by atoms with Gasteiger partial charge in [0.2, 0.25) is 5.91 Å². The van der Waals surface area contributed by atoms with Gasteiger partial charge in [0.05, 0.1) is 5.69 Å². The van der Waals surface area contributed by atoms with Crippen LogP contribution in [0.1, 0.15) is 60.1 Å². The zero-order chi connectivity index (χ0) is 30.8. The predicted molar refractivity (Wildman–Crippen MR) is 177 cm³/mol. The highest BCUT2D eigenvalue weighted by Gasteiger charge is 2.44. The molecule has 238 valence electrons. The number of benzene rings is 1. The summed E-state index contributed by atoms with van der Waals surface area (Å²) in [6.45, 7) is 13.1. The molecule has 2 atom stereocenters. The summed E-state index contributed by atoms with van der Waals surface area (Å²) in [5.41, 5.74) is 6.83. The first-order valence-corrected chi connectivity index (χ1v) is 17.6. The number of nitrogens with one attached hydrogen (secondary N) is 1. The minimum Gasteiger partial charge on any atom is -0.348 e. The molecule has 5 aliphatic rings. The highest BCUT2D eigenvalue weighted by atomic mass is 32.1. The highest BCUT2D eigenvalue weighted by Crippen LogP contribution is 2.42. The van der Waals surface area contributed by atoms with E-state index in [1.165, 1.54) is 33.3 Å². The van der Waals surface area contributed by atoms with Crippen LogP contribution in [0.2, 0.25) is 0 Å². The molecule has 0 unspecified atom stereocenters. The number of ether oxygens (including phenoxy) is 2. The largest absolute Gasteiger partial charge is 0.348 e. The number of fused-ring (bicyclic) bond motifs is 4. The number of amides is 2. The number of aryl methyl sites for hydroxylation is 2. The van der Waals surface area contributed by atoms with Gasteiger partial charge in [-0.2, -0.15) is 0 Å². The molecule has 0 aliphatic carbocycles. The number of thiophene rings is 1. The summed E-state index contributed by atoms with van der Waals surface area (Å²) in [6, 6.07) is 9.74. The molecule has 5 fully saturated rings. The predicted octanol–water partition coefficient (Wildman–Crippen LogP) is 5.52. The van der Waals surface area contributed by atoms with Gasteiger partial charge in [0.25, 0.3) is 5.91 Å². The Morgan fingerprint density at radius 3 is 2.22 bits per heavy atom. The van der Waals surface area contributed by atoms with Crippen LogP contribution in [0, 0.1) is 19.8 Å². The first-order valence-electron chi connectivity index (χ1n) is 16.8. The number of aromatic amines is 1. The zero-order valence-electron chi connectivity index (χ0n) is 26.5. The average Bonchev–Trinajstić information content (AvgIpc) is 3.87. The van der Waals surface area contributed by atoms with Crippen molar-refractivity contribution in [2.75, 3.05) is 39.5 Å². The van der Waals surface area contributed by atoms with Crippen LogP contribution in [0.4, 0.5) is 0 Å². The highest BCUT2D eigenvalue weighted by molar-refractivity contribution is 7.20. The molecule has 5 aliphatic heterocycles. The fourth-order valence-electron chi connectivity index (χ4n) is 8.70. The number of aromatic nitrogens is 1. The van der Waals surface area contributed by atoms with E-state index in [2.05, 4.69) is 59.5 Å². The molecule has 9 heteroatoms. The lowest BCUT2D eigenvalue weighted by molar-refractivity contribution is -0.137. The van der Waals surface area contributed by atoms with Crippen LogP contribution >= 0.6 is 11.3 Å². The third-order valence-corrected chi connectivity index (χ3v) is 12.2. The maximum absolute atomic E-state index is 13.6. The van der Waals surface area contributed by atoms with Crippen LogP contribution in [-0.2, 0) is 25.5 Å². The Kier molecular flexibility index (Phi) is 7.63. The van der Waals surface area contributed by atoms with Crippen LogP contribution in [0.5, 0.6) is 0 Å². The first-order chi connectivity index (χ1) is 21.8. The van der Waals surface area contributed by atoms with Gasteiger partial charge in [-0.05, 0) is 101 Å². The number of hydrogen-bond acceptors (Lipinski definition) is 6. The SMILES string of the molecule is C=C(C(=O)N1C2CCC1CC2)c1cc2c(CCN3CCC(C(=O)N4C[C@@H]5OCO[C@@H]5C4)CC3)c(-c3cc(C)cc(C)c3)[nH]c2s1. The van der Waals surface area contributed by atoms with E-state index in [0.29, 0.717) is 37.5 Å². The molecule has 2 bridgehead atoms. The molecule has 1 aromatic carbocycles. The van der Waals surface area contributed by atoms with Gasteiger partial charge < -0.3 is 29.2 Å². The lowest BCUT2D eigenvalue weighted by Gasteiger charge is -2.33. The summed E-state index contributed by atoms with van der Waals surface area (Å²) in [5, 5.41) is 1.21. The van der Waals surface area contributed by atoms with Crippen LogP contribution in [0.25, 0.3) is 27.0 Å². The number of piperidine rings is 1. The number of hydrogen-bond donors (Lipinski definition) is 1. The van der Waals surface area contributed by atoms with Crippen LogP contribution in [0.15, 0.2) is 30.8 Å². The molecule has 5 saturated heterocycles. The molecule has 2 aromatic heterocycles. The van der Waals surface area contributed by atoms with E-state index in [0.717, 1.165) is 74.3 Å². The second-order valence-electron chi connectivity index (χ2n) is 14.0. The molecular formula is C36H44N4O4S. The molecule has 0 radical (unpaired) electrons. The first kappa shape index (κ1) is 29.4. The van der Waals surface area contributed by atoms with E-state index in [9.17, 15) is 9.59 Å². The third kappa shape index (κ3) is 5.35. The molecule has 7 heterocycles. The Labute approximate surface area is 269 Å². The number of carbonyl (C=O) groups excluding carboxylic acids is 2. The maximum atomic E-state index is 13.6. The lowest BCUT2D eigenvalue weighted by Crippen LogP contribution is -2.43. The summed E-state index contributed by atoms with van der Waals surface area (Å²) in [7, 11) is 0. The van der Waals surface area contributed by atoms with Crippen molar-refractivity contribution in [2.45, 2.75) is 83.1 Å². The van der Waals surface area contributed by atoms with Gasteiger partial charge in [-0.1, -0.05) is 23.8 Å². The topological polar surface area (TPSA) is 78.1 Å². The van der Waals surface area contributed by atoms with Crippen molar-refractivity contribution in [2.24, 2.45) is 5.92 Å². The molecular weight excluding hydrogens is 584 g/mol. The molecule has 1 N–H and O–H groups in total. The monoisotopic (exact) mass is 628 g/mol. The van der Waals surface area contributed by atoms with E-state index in [-0.39, 0.29) is 29.9 Å². The Morgan fingerprint density at radius 2 is 1.58 bits per heavy atom. The van der Waals surface area contributed by atoms with E-state index < -0.39 is 0 Å². The zero-order valence-corrected chi connectivity index (χ0v) is 27.3. The molecule has 3 aromatic rings.